The van der Waals surface area contributed by atoms with Crippen LogP contribution in [0.25, 0.3) is 0 Å². The van der Waals surface area contributed by atoms with Crippen LogP contribution in [0, 0.1) is 0 Å². The molecular weight excluding hydrogens is 308 g/mol. The minimum absolute atomic E-state index is 0.00697. The monoisotopic (exact) mass is 328 g/mol. The number of ether oxygens (including phenoxy) is 1. The first-order valence-electron chi connectivity index (χ1n) is 6.17. The van der Waals surface area contributed by atoms with Gasteiger partial charge in [0.2, 0.25) is 0 Å². The molecule has 0 aromatic carbocycles. The Morgan fingerprint density at radius 1 is 1.35 bits per heavy atom. The zero-order chi connectivity index (χ0) is 15.4. The Morgan fingerprint density at radius 2 is 1.90 bits per heavy atom. The van der Waals surface area contributed by atoms with Gasteiger partial charge in [0.1, 0.15) is 9.84 Å². The van der Waals surface area contributed by atoms with Gasteiger partial charge in [-0.05, 0) is 12.8 Å². The molecule has 0 aliphatic carbocycles. The summed E-state index contributed by atoms with van der Waals surface area (Å²) in [5, 5.41) is 0. The number of sulfone groups is 1. The first-order chi connectivity index (χ1) is 9.16. The maximum Gasteiger partial charge on any atom is 0.306 e. The summed E-state index contributed by atoms with van der Waals surface area (Å²) in [5.41, 5.74) is 0. The lowest BCUT2D eigenvalue weighted by atomic mass is 10.2. The molecule has 1 saturated heterocycles. The van der Waals surface area contributed by atoms with Crippen LogP contribution in [0.15, 0.2) is 0 Å². The number of hydrogen-bond donors (Lipinski definition) is 1. The fourth-order valence-electron chi connectivity index (χ4n) is 1.78. The molecule has 1 N–H and O–H groups in total. The molecule has 8 nitrogen and oxygen atoms in total. The van der Waals surface area contributed by atoms with E-state index in [9.17, 15) is 21.6 Å². The maximum absolute atomic E-state index is 12.0. The lowest BCUT2D eigenvalue weighted by molar-refractivity contribution is -0.140. The Labute approximate surface area is 119 Å². The number of carbonyl (C=O) groups excluding carboxylic acids is 1. The topological polar surface area (TPSA) is 110 Å². The number of methoxy groups -OCH3 is 1. The van der Waals surface area contributed by atoms with Crippen molar-refractivity contribution in [1.29, 1.82) is 0 Å². The van der Waals surface area contributed by atoms with Crippen molar-refractivity contribution >= 4 is 26.0 Å². The summed E-state index contributed by atoms with van der Waals surface area (Å²) in [4.78, 5) is 11.0. The highest BCUT2D eigenvalue weighted by Gasteiger charge is 2.28. The molecule has 0 saturated carbocycles. The van der Waals surface area contributed by atoms with Crippen LogP contribution in [0.2, 0.25) is 0 Å². The molecule has 0 aromatic heterocycles. The first-order valence-corrected chi connectivity index (χ1v) is 9.43. The van der Waals surface area contributed by atoms with Crippen LogP contribution in [0.4, 0.5) is 0 Å². The summed E-state index contributed by atoms with van der Waals surface area (Å²) in [5.74, 6) is -0.506. The van der Waals surface area contributed by atoms with E-state index in [2.05, 4.69) is 9.46 Å². The zero-order valence-electron chi connectivity index (χ0n) is 11.5. The molecule has 0 radical (unpaired) electrons. The van der Waals surface area contributed by atoms with E-state index in [4.69, 9.17) is 0 Å². The van der Waals surface area contributed by atoms with Gasteiger partial charge < -0.3 is 4.74 Å². The Hall–Kier alpha value is -0.710. The molecule has 0 amide bonds. The molecule has 1 aliphatic heterocycles. The summed E-state index contributed by atoms with van der Waals surface area (Å²) >= 11 is 0. The molecule has 1 aliphatic rings. The third kappa shape index (κ3) is 5.35. The second kappa shape index (κ2) is 6.83. The van der Waals surface area contributed by atoms with Gasteiger partial charge in [-0.2, -0.15) is 17.4 Å². The highest BCUT2D eigenvalue weighted by molar-refractivity contribution is 7.91. The van der Waals surface area contributed by atoms with Gasteiger partial charge in [-0.25, -0.2) is 8.42 Å². The van der Waals surface area contributed by atoms with Crippen LogP contribution < -0.4 is 4.72 Å². The quantitative estimate of drug-likeness (QED) is 0.619. The summed E-state index contributed by atoms with van der Waals surface area (Å²) in [6.07, 6.45) is 0.506. The summed E-state index contributed by atoms with van der Waals surface area (Å²) in [6.45, 7) is 0.00697. The van der Waals surface area contributed by atoms with Crippen LogP contribution in [0.1, 0.15) is 19.3 Å². The van der Waals surface area contributed by atoms with Gasteiger partial charge >= 0.3 is 5.97 Å². The molecule has 1 heterocycles. The largest absolute Gasteiger partial charge is 0.469 e. The number of nitrogens with one attached hydrogen (secondary N) is 1. The van der Waals surface area contributed by atoms with Gasteiger partial charge in [-0.15, -0.1) is 0 Å². The standard InChI is InChI=1S/C10H20N2O6S2/c1-12(6-3-10(13)18-2)20(16,17)11-9-4-7-19(14,15)8-5-9/h9,11H,3-8H2,1-2H3. The van der Waals surface area contributed by atoms with E-state index >= 15 is 0 Å². The van der Waals surface area contributed by atoms with E-state index in [0.29, 0.717) is 0 Å². The molecule has 10 heteroatoms. The molecule has 0 aromatic rings. The number of esters is 1. The second-order valence-electron chi connectivity index (χ2n) is 4.70. The predicted molar refractivity (Wildman–Crippen MR) is 73.0 cm³/mol. The highest BCUT2D eigenvalue weighted by atomic mass is 32.2. The average Bonchev–Trinajstić information content (AvgIpc) is 2.37. The third-order valence-corrected chi connectivity index (χ3v) is 6.49. The van der Waals surface area contributed by atoms with E-state index in [1.807, 2.05) is 0 Å². The summed E-state index contributed by atoms with van der Waals surface area (Å²) < 4.78 is 54.4. The number of nitrogens with zero attached hydrogens (tertiary/aromatic N) is 1. The van der Waals surface area contributed by atoms with Crippen molar-refractivity contribution in [3.63, 3.8) is 0 Å². The zero-order valence-corrected chi connectivity index (χ0v) is 13.2. The molecule has 20 heavy (non-hydrogen) atoms. The van der Waals surface area contributed by atoms with Gasteiger partial charge in [-0.1, -0.05) is 0 Å². The first kappa shape index (κ1) is 17.3. The molecule has 0 atom stereocenters. The minimum Gasteiger partial charge on any atom is -0.469 e. The van der Waals surface area contributed by atoms with Crippen LogP contribution >= 0.6 is 0 Å². The van der Waals surface area contributed by atoms with Crippen molar-refractivity contribution < 1.29 is 26.4 Å². The van der Waals surface area contributed by atoms with Crippen molar-refractivity contribution in [3.05, 3.63) is 0 Å². The average molecular weight is 328 g/mol. The van der Waals surface area contributed by atoms with Gasteiger partial charge in [0, 0.05) is 19.6 Å². The van der Waals surface area contributed by atoms with E-state index in [1.165, 1.54) is 14.2 Å². The van der Waals surface area contributed by atoms with Gasteiger partial charge in [0.25, 0.3) is 10.2 Å². The fraction of sp³-hybridized carbons (Fsp3) is 0.900. The molecule has 118 valence electrons. The lowest BCUT2D eigenvalue weighted by Gasteiger charge is -2.25. The van der Waals surface area contributed by atoms with Crippen LogP contribution in [-0.4, -0.2) is 65.4 Å². The van der Waals surface area contributed by atoms with Crippen LogP contribution in [0.5, 0.6) is 0 Å². The van der Waals surface area contributed by atoms with E-state index in [0.717, 1.165) is 4.31 Å². The number of rotatable bonds is 6. The highest BCUT2D eigenvalue weighted by Crippen LogP contribution is 2.13. The van der Waals surface area contributed by atoms with Crippen molar-refractivity contribution in [2.24, 2.45) is 0 Å². The van der Waals surface area contributed by atoms with Gasteiger partial charge in [-0.3, -0.25) is 4.79 Å². The molecule has 0 unspecified atom stereocenters. The molecule has 1 fully saturated rings. The summed E-state index contributed by atoms with van der Waals surface area (Å²) in [7, 11) is -4.16. The molecule has 0 bridgehead atoms. The smallest absolute Gasteiger partial charge is 0.306 e. The Kier molecular flexibility index (Phi) is 5.92. The van der Waals surface area contributed by atoms with Gasteiger partial charge in [0.05, 0.1) is 25.0 Å². The van der Waals surface area contributed by atoms with E-state index in [1.54, 1.807) is 0 Å². The number of carbonyl (C=O) groups is 1. The number of hydrogen-bond acceptors (Lipinski definition) is 6. The maximum atomic E-state index is 12.0. The van der Waals surface area contributed by atoms with Crippen molar-refractivity contribution in [3.8, 4) is 0 Å². The predicted octanol–water partition coefficient (Wildman–Crippen LogP) is -1.11. The SMILES string of the molecule is COC(=O)CCN(C)S(=O)(=O)NC1CCS(=O)(=O)CC1. The molecule has 0 spiro atoms. The van der Waals surface area contributed by atoms with Crippen LogP contribution in [0.3, 0.4) is 0 Å². The third-order valence-electron chi connectivity index (χ3n) is 3.14. The summed E-state index contributed by atoms with van der Waals surface area (Å²) in [6, 6.07) is -0.385. The normalized spacial score (nSPS) is 19.9. The molecular formula is C10H20N2O6S2. The van der Waals surface area contributed by atoms with Gasteiger partial charge in [0.15, 0.2) is 0 Å². The fourth-order valence-corrected chi connectivity index (χ4v) is 4.44. The molecule has 1 rings (SSSR count). The van der Waals surface area contributed by atoms with E-state index < -0.39 is 26.0 Å². The van der Waals surface area contributed by atoms with Crippen molar-refractivity contribution in [2.45, 2.75) is 25.3 Å². The van der Waals surface area contributed by atoms with Crippen molar-refractivity contribution in [2.75, 3.05) is 32.2 Å². The van der Waals surface area contributed by atoms with Crippen molar-refractivity contribution in [1.82, 2.24) is 9.03 Å². The minimum atomic E-state index is -3.72. The van der Waals surface area contributed by atoms with Crippen LogP contribution in [-0.2, 0) is 29.6 Å². The van der Waals surface area contributed by atoms with E-state index in [-0.39, 0.29) is 43.4 Å². The Bertz CT molecular complexity index is 528. The second-order valence-corrected chi connectivity index (χ2v) is 8.81. The Morgan fingerprint density at radius 3 is 2.40 bits per heavy atom. The Balaban J connectivity index is 2.51. The lowest BCUT2D eigenvalue weighted by Crippen LogP contribution is -2.47.